The van der Waals surface area contributed by atoms with E-state index in [-0.39, 0.29) is 27.7 Å². The average Bonchev–Trinajstić information content (AvgIpc) is 2.99. The van der Waals surface area contributed by atoms with E-state index in [4.69, 9.17) is 16.4 Å². The predicted octanol–water partition coefficient (Wildman–Crippen LogP) is 2.45. The highest BCUT2D eigenvalue weighted by Crippen LogP contribution is 2.34. The van der Waals surface area contributed by atoms with Crippen LogP contribution in [0.2, 0.25) is 5.02 Å². The molecular weight excluding hydrogens is 360 g/mol. The molecule has 128 valence electrons. The Kier molecular flexibility index (Phi) is 5.05. The number of rotatable bonds is 5. The van der Waals surface area contributed by atoms with Gasteiger partial charge < -0.3 is 9.94 Å². The Morgan fingerprint density at radius 1 is 1.42 bits per heavy atom. The summed E-state index contributed by atoms with van der Waals surface area (Å²) in [6.07, 6.45) is 1.32. The molecule has 1 N–H and O–H groups in total. The zero-order chi connectivity index (χ0) is 18.1. The minimum Gasteiger partial charge on any atom is -0.505 e. The van der Waals surface area contributed by atoms with Gasteiger partial charge in [0.1, 0.15) is 6.61 Å². The van der Waals surface area contributed by atoms with Crippen molar-refractivity contribution in [2.75, 3.05) is 12.9 Å². The van der Waals surface area contributed by atoms with Gasteiger partial charge in [0.15, 0.2) is 27.1 Å². The molecule has 0 amide bonds. The Hall–Kier alpha value is -2.26. The largest absolute Gasteiger partial charge is 0.505 e. The van der Waals surface area contributed by atoms with Crippen LogP contribution in [0, 0.1) is 4.91 Å². The molecule has 0 atom stereocenters. The van der Waals surface area contributed by atoms with Gasteiger partial charge in [-0.15, -0.1) is 4.91 Å². The molecular formula is C14H13ClN2O6S. The van der Waals surface area contributed by atoms with Crippen LogP contribution in [0.5, 0.6) is 0 Å². The lowest BCUT2D eigenvalue weighted by Gasteiger charge is -2.13. The van der Waals surface area contributed by atoms with E-state index < -0.39 is 27.1 Å². The van der Waals surface area contributed by atoms with Crippen LogP contribution in [0.15, 0.2) is 33.1 Å². The highest BCUT2D eigenvalue weighted by Gasteiger charge is 2.27. The Balaban J connectivity index is 2.82. The minimum atomic E-state index is -3.65. The number of sulfone groups is 1. The summed E-state index contributed by atoms with van der Waals surface area (Å²) in [5.74, 6) is -1.49. The number of benzene rings is 1. The van der Waals surface area contributed by atoms with Gasteiger partial charge in [-0.25, -0.2) is 8.42 Å². The smallest absolute Gasteiger partial charge is 0.192 e. The fourth-order valence-electron chi connectivity index (χ4n) is 2.20. The zero-order valence-corrected chi connectivity index (χ0v) is 14.3. The Morgan fingerprint density at radius 3 is 2.54 bits per heavy atom. The number of carbonyl (C=O) groups excluding carboxylic acids is 1. The van der Waals surface area contributed by atoms with Gasteiger partial charge in [0, 0.05) is 30.7 Å². The maximum absolute atomic E-state index is 12.0. The maximum atomic E-state index is 12.0. The van der Waals surface area contributed by atoms with E-state index in [0.717, 1.165) is 13.2 Å². The van der Waals surface area contributed by atoms with Crippen molar-refractivity contribution in [1.29, 1.82) is 0 Å². The van der Waals surface area contributed by atoms with E-state index >= 15 is 0 Å². The predicted molar refractivity (Wildman–Crippen MR) is 87.7 cm³/mol. The van der Waals surface area contributed by atoms with E-state index in [2.05, 4.69) is 10.3 Å². The molecule has 1 aliphatic heterocycles. The summed E-state index contributed by atoms with van der Waals surface area (Å²) in [6, 6.07) is 2.41. The summed E-state index contributed by atoms with van der Waals surface area (Å²) in [6.45, 7) is 1.32. The monoisotopic (exact) mass is 372 g/mol. The fourth-order valence-corrected chi connectivity index (χ4v) is 3.53. The van der Waals surface area contributed by atoms with E-state index in [9.17, 15) is 23.2 Å². The first-order valence-electron chi connectivity index (χ1n) is 6.68. The van der Waals surface area contributed by atoms with Crippen molar-refractivity contribution >= 4 is 38.7 Å². The molecule has 0 spiro atoms. The summed E-state index contributed by atoms with van der Waals surface area (Å²) < 4.78 is 24.0. The maximum Gasteiger partial charge on any atom is 0.192 e. The van der Waals surface area contributed by atoms with Crippen molar-refractivity contribution < 1.29 is 23.2 Å². The third kappa shape index (κ3) is 3.31. The standard InChI is InChI=1S/C14H13ClN2O6S/c1-7(18)13(16-20)14(19)8-3-4-10(24(2,21)22)11(12(8)15)9-5-6-23-17-9/h3-4,19H,5-6H2,1-2H3/b14-13-. The van der Waals surface area contributed by atoms with Gasteiger partial charge in [0.25, 0.3) is 0 Å². The first-order chi connectivity index (χ1) is 11.2. The van der Waals surface area contributed by atoms with Crippen molar-refractivity contribution in [2.24, 2.45) is 10.3 Å². The van der Waals surface area contributed by atoms with Crippen LogP contribution in [-0.2, 0) is 19.5 Å². The first-order valence-corrected chi connectivity index (χ1v) is 8.95. The molecule has 10 heteroatoms. The Bertz CT molecular complexity index is 889. The number of allylic oxidation sites excluding steroid dienone is 1. The quantitative estimate of drug-likeness (QED) is 0.481. The third-order valence-electron chi connectivity index (χ3n) is 3.30. The summed E-state index contributed by atoms with van der Waals surface area (Å²) in [5.41, 5.74) is -0.453. The number of hydrogen-bond donors (Lipinski definition) is 1. The van der Waals surface area contributed by atoms with Crippen LogP contribution in [0.1, 0.15) is 24.5 Å². The SMILES string of the molecule is CC(=O)/C(N=O)=C(/O)c1ccc(S(C)(=O)=O)c(C2=NOCC2)c1Cl. The lowest BCUT2D eigenvalue weighted by atomic mass is 10.0. The third-order valence-corrected chi connectivity index (χ3v) is 4.83. The molecule has 0 saturated heterocycles. The lowest BCUT2D eigenvalue weighted by molar-refractivity contribution is -0.113. The minimum absolute atomic E-state index is 0.0644. The zero-order valence-electron chi connectivity index (χ0n) is 12.7. The van der Waals surface area contributed by atoms with Gasteiger partial charge >= 0.3 is 0 Å². The molecule has 1 aromatic carbocycles. The summed E-state index contributed by atoms with van der Waals surface area (Å²) >= 11 is 6.25. The van der Waals surface area contributed by atoms with Crippen molar-refractivity contribution in [2.45, 2.75) is 18.2 Å². The molecule has 0 unspecified atom stereocenters. The summed E-state index contributed by atoms with van der Waals surface area (Å²) in [5, 5.41) is 16.2. The number of halogens is 1. The van der Waals surface area contributed by atoms with Gasteiger partial charge in [-0.2, -0.15) is 0 Å². The molecule has 24 heavy (non-hydrogen) atoms. The van der Waals surface area contributed by atoms with Gasteiger partial charge in [0.2, 0.25) is 0 Å². The van der Waals surface area contributed by atoms with E-state index in [1.165, 1.54) is 12.1 Å². The number of aliphatic hydroxyl groups is 1. The van der Waals surface area contributed by atoms with Gasteiger partial charge in [-0.05, 0) is 17.3 Å². The summed E-state index contributed by atoms with van der Waals surface area (Å²) in [7, 11) is -3.65. The lowest BCUT2D eigenvalue weighted by Crippen LogP contribution is -2.11. The van der Waals surface area contributed by atoms with E-state index in [1.54, 1.807) is 0 Å². The van der Waals surface area contributed by atoms with Gasteiger partial charge in [-0.3, -0.25) is 4.79 Å². The van der Waals surface area contributed by atoms with Crippen LogP contribution in [0.25, 0.3) is 5.76 Å². The summed E-state index contributed by atoms with van der Waals surface area (Å²) in [4.78, 5) is 26.9. The van der Waals surface area contributed by atoms with Crippen LogP contribution in [0.3, 0.4) is 0 Å². The molecule has 1 aromatic rings. The number of Topliss-reactive ketones (excluding diaryl/α,β-unsaturated/α-hetero) is 1. The second-order valence-electron chi connectivity index (χ2n) is 5.04. The topological polar surface area (TPSA) is 122 Å². The van der Waals surface area contributed by atoms with Crippen molar-refractivity contribution in [1.82, 2.24) is 0 Å². The van der Waals surface area contributed by atoms with Gasteiger partial charge in [0.05, 0.1) is 15.6 Å². The Morgan fingerprint density at radius 2 is 2.08 bits per heavy atom. The second kappa shape index (κ2) is 6.70. The van der Waals surface area contributed by atoms with Crippen molar-refractivity contribution in [3.63, 3.8) is 0 Å². The molecule has 0 fully saturated rings. The van der Waals surface area contributed by atoms with E-state index in [1.807, 2.05) is 0 Å². The molecule has 1 heterocycles. The number of nitrogens with zero attached hydrogens (tertiary/aromatic N) is 2. The number of ketones is 1. The van der Waals surface area contributed by atoms with Crippen LogP contribution in [-0.4, -0.2) is 37.9 Å². The fraction of sp³-hybridized carbons (Fsp3) is 0.286. The number of hydrogen-bond acceptors (Lipinski definition) is 8. The average molecular weight is 373 g/mol. The second-order valence-corrected chi connectivity index (χ2v) is 7.40. The molecule has 0 aliphatic carbocycles. The van der Waals surface area contributed by atoms with Crippen LogP contribution >= 0.6 is 11.6 Å². The van der Waals surface area contributed by atoms with Crippen LogP contribution < -0.4 is 0 Å². The molecule has 0 bridgehead atoms. The van der Waals surface area contributed by atoms with Crippen molar-refractivity contribution in [3.8, 4) is 0 Å². The highest BCUT2D eigenvalue weighted by atomic mass is 35.5. The first kappa shape index (κ1) is 18.1. The number of nitroso groups, excluding NO2 is 1. The molecule has 2 rings (SSSR count). The van der Waals surface area contributed by atoms with Crippen molar-refractivity contribution in [3.05, 3.63) is 38.9 Å². The number of carbonyl (C=O) groups is 1. The molecule has 1 aliphatic rings. The number of aliphatic hydroxyl groups excluding tert-OH is 1. The molecule has 0 aromatic heterocycles. The molecule has 0 saturated carbocycles. The van der Waals surface area contributed by atoms with Gasteiger partial charge in [-0.1, -0.05) is 16.8 Å². The van der Waals surface area contributed by atoms with Crippen LogP contribution in [0.4, 0.5) is 0 Å². The highest BCUT2D eigenvalue weighted by molar-refractivity contribution is 7.90. The number of oxime groups is 1. The Labute approximate surface area is 142 Å². The molecule has 0 radical (unpaired) electrons. The van der Waals surface area contributed by atoms with E-state index in [0.29, 0.717) is 12.1 Å². The normalized spacial score (nSPS) is 15.4. The molecule has 8 nitrogen and oxygen atoms in total.